The first-order valence-electron chi connectivity index (χ1n) is 16.8. The average Bonchev–Trinajstić information content (AvgIpc) is 3.10. The molecule has 0 aromatic heterocycles. The minimum absolute atomic E-state index is 0.0797. The van der Waals surface area contributed by atoms with Crippen LogP contribution in [0.15, 0.2) is 38.0 Å². The van der Waals surface area contributed by atoms with Gasteiger partial charge in [0, 0.05) is 18.2 Å². The number of carbonyl (C=O) groups is 6. The number of aromatic carboxylic acids is 3. The third-order valence-electron chi connectivity index (χ3n) is 7.59. The summed E-state index contributed by atoms with van der Waals surface area (Å²) in [5, 5.41) is 31.1. The predicted octanol–water partition coefficient (Wildman–Crippen LogP) is 6.07. The van der Waals surface area contributed by atoms with Gasteiger partial charge in [-0.1, -0.05) is 58.3 Å². The predicted molar refractivity (Wildman–Crippen MR) is 181 cm³/mol. The molecule has 51 heavy (non-hydrogen) atoms. The van der Waals surface area contributed by atoms with Crippen molar-refractivity contribution in [1.29, 1.82) is 0 Å². The van der Waals surface area contributed by atoms with E-state index in [0.29, 0.717) is 77.0 Å². The van der Waals surface area contributed by atoms with E-state index >= 15 is 0 Å². The Bertz CT molecular complexity index is 1180. The number of carboxylic acid groups (broad SMARTS) is 3. The minimum Gasteiger partial charge on any atom is -0.478 e. The Morgan fingerprint density at radius 1 is 0.412 bits per heavy atom. The van der Waals surface area contributed by atoms with Crippen LogP contribution in [0.4, 0.5) is 0 Å². The molecule has 0 radical (unpaired) electrons. The second kappa shape index (κ2) is 26.0. The van der Waals surface area contributed by atoms with Gasteiger partial charge >= 0.3 is 35.8 Å². The van der Waals surface area contributed by atoms with E-state index in [-0.39, 0.29) is 72.5 Å². The van der Waals surface area contributed by atoms with Crippen molar-refractivity contribution >= 4 is 35.8 Å². The number of carbonyl (C=O) groups excluding carboxylic acids is 3. The maximum absolute atomic E-state index is 12.8. The van der Waals surface area contributed by atoms with Crippen LogP contribution in [0.25, 0.3) is 0 Å². The monoisotopic (exact) mass is 720 g/mol. The lowest BCUT2D eigenvalue weighted by molar-refractivity contribution is -0.267. The van der Waals surface area contributed by atoms with Gasteiger partial charge in [0.05, 0.1) is 36.5 Å². The number of unbranched alkanes of at least 4 members (excludes halogenated alkanes) is 9. The third kappa shape index (κ3) is 17.1. The quantitative estimate of drug-likeness (QED) is 0.0355. The number of benzene rings is 1. The molecule has 0 saturated carbocycles. The Morgan fingerprint density at radius 3 is 0.863 bits per heavy atom. The molecule has 0 fully saturated rings. The lowest BCUT2D eigenvalue weighted by atomic mass is 9.81. The van der Waals surface area contributed by atoms with Gasteiger partial charge < -0.3 is 15.3 Å². The van der Waals surface area contributed by atoms with Gasteiger partial charge in [-0.05, 0) is 74.5 Å². The Kier molecular flexibility index (Phi) is 22.5. The van der Waals surface area contributed by atoms with Crippen molar-refractivity contribution in [3.63, 3.8) is 0 Å². The second-order valence-corrected chi connectivity index (χ2v) is 11.3. The Morgan fingerprint density at radius 2 is 0.647 bits per heavy atom. The summed E-state index contributed by atoms with van der Waals surface area (Å²) < 4.78 is 0. The standard InChI is InChI=1S/C36H48O15/c1-4-28(37)49-46-22-16-10-7-13-19-25-31(34(40)41)26(20-14-8-11-17-23-47-50-29(38)5-2)33(36(44)45)27(32(25)35(42)43)21-15-9-12-18-24-48-51-30(39)6-3/h4-6H,1-3,7-24H2,(H,40,41)(H,42,43)(H,44,45). The number of rotatable bonds is 30. The smallest absolute Gasteiger partial charge is 0.365 e. The largest absolute Gasteiger partial charge is 0.478 e. The Balaban J connectivity index is 3.24. The van der Waals surface area contributed by atoms with Crippen LogP contribution in [0.1, 0.15) is 125 Å². The summed E-state index contributed by atoms with van der Waals surface area (Å²) in [6.45, 7) is 10.2. The van der Waals surface area contributed by atoms with E-state index < -0.39 is 35.8 Å². The van der Waals surface area contributed by atoms with E-state index in [2.05, 4.69) is 34.4 Å². The van der Waals surface area contributed by atoms with Crippen molar-refractivity contribution in [2.24, 2.45) is 0 Å². The van der Waals surface area contributed by atoms with E-state index in [1.165, 1.54) is 0 Å². The van der Waals surface area contributed by atoms with Crippen LogP contribution in [0.3, 0.4) is 0 Å². The van der Waals surface area contributed by atoms with Crippen LogP contribution in [0.2, 0.25) is 0 Å². The molecule has 0 amide bonds. The van der Waals surface area contributed by atoms with Gasteiger partial charge in [0.2, 0.25) is 0 Å². The first kappa shape index (κ1) is 44.2. The topological polar surface area (TPSA) is 218 Å². The Hall–Kier alpha value is -4.86. The van der Waals surface area contributed by atoms with Crippen molar-refractivity contribution in [3.8, 4) is 0 Å². The fourth-order valence-corrected chi connectivity index (χ4v) is 5.30. The summed E-state index contributed by atoms with van der Waals surface area (Å²) in [6, 6.07) is 0. The number of hydrogen-bond donors (Lipinski definition) is 3. The highest BCUT2D eigenvalue weighted by molar-refractivity contribution is 6.05. The number of hydrogen-bond acceptors (Lipinski definition) is 12. The molecule has 1 aromatic carbocycles. The lowest BCUT2D eigenvalue weighted by Gasteiger charge is -2.22. The maximum atomic E-state index is 12.8. The number of carboxylic acids is 3. The highest BCUT2D eigenvalue weighted by Crippen LogP contribution is 2.33. The molecule has 15 heteroatoms. The maximum Gasteiger partial charge on any atom is 0.365 e. The van der Waals surface area contributed by atoms with Crippen molar-refractivity contribution < 1.29 is 73.4 Å². The SMILES string of the molecule is C=CC(=O)OOCCCCCCc1c(C(=O)O)c(CCCCCCOOC(=O)C=C)c(C(=O)O)c(CCCCCCOOC(=O)C=C)c1C(=O)O. The summed E-state index contributed by atoms with van der Waals surface area (Å²) in [4.78, 5) is 99.4. The molecule has 15 nitrogen and oxygen atoms in total. The summed E-state index contributed by atoms with van der Waals surface area (Å²) in [5.74, 6) is -6.42. The van der Waals surface area contributed by atoms with Crippen LogP contribution in [-0.4, -0.2) is 71.0 Å². The fraction of sp³-hybridized carbons (Fsp3) is 0.500. The molecular formula is C36H48O15. The van der Waals surface area contributed by atoms with E-state index in [1.807, 2.05) is 0 Å². The van der Waals surface area contributed by atoms with Gasteiger partial charge in [-0.2, -0.15) is 14.7 Å². The molecule has 3 N–H and O–H groups in total. The van der Waals surface area contributed by atoms with Crippen LogP contribution in [0, 0.1) is 0 Å². The van der Waals surface area contributed by atoms with Crippen molar-refractivity contribution in [2.75, 3.05) is 19.8 Å². The van der Waals surface area contributed by atoms with Gasteiger partial charge in [0.25, 0.3) is 0 Å². The van der Waals surface area contributed by atoms with E-state index in [1.54, 1.807) is 0 Å². The highest BCUT2D eigenvalue weighted by Gasteiger charge is 2.32. The van der Waals surface area contributed by atoms with Crippen LogP contribution in [-0.2, 0) is 63.0 Å². The van der Waals surface area contributed by atoms with Gasteiger partial charge in [0.15, 0.2) is 0 Å². The van der Waals surface area contributed by atoms with Crippen molar-refractivity contribution in [1.82, 2.24) is 0 Å². The molecule has 0 aliphatic rings. The van der Waals surface area contributed by atoms with Gasteiger partial charge in [-0.3, -0.25) is 14.7 Å². The van der Waals surface area contributed by atoms with Crippen LogP contribution >= 0.6 is 0 Å². The normalized spacial score (nSPS) is 10.6. The zero-order valence-corrected chi connectivity index (χ0v) is 28.8. The molecule has 0 aliphatic carbocycles. The summed E-state index contributed by atoms with van der Waals surface area (Å²) in [5.41, 5.74) is -0.680. The van der Waals surface area contributed by atoms with E-state index in [9.17, 15) is 44.1 Å². The van der Waals surface area contributed by atoms with Gasteiger partial charge in [0.1, 0.15) is 0 Å². The molecule has 282 valence electrons. The minimum atomic E-state index is -1.41. The van der Waals surface area contributed by atoms with E-state index in [4.69, 9.17) is 14.7 Å². The molecule has 0 unspecified atom stereocenters. The molecule has 0 aliphatic heterocycles. The first-order chi connectivity index (χ1) is 24.5. The van der Waals surface area contributed by atoms with Gasteiger partial charge in [-0.15, -0.1) is 0 Å². The molecule has 0 atom stereocenters. The molecule has 0 bridgehead atoms. The lowest BCUT2D eigenvalue weighted by Crippen LogP contribution is -2.22. The highest BCUT2D eigenvalue weighted by atomic mass is 17.2. The molecule has 1 rings (SSSR count). The van der Waals surface area contributed by atoms with Crippen molar-refractivity contribution in [3.05, 3.63) is 71.3 Å². The van der Waals surface area contributed by atoms with E-state index in [0.717, 1.165) is 18.2 Å². The van der Waals surface area contributed by atoms with Gasteiger partial charge in [-0.25, -0.2) is 28.8 Å². The molecule has 0 heterocycles. The average molecular weight is 721 g/mol. The zero-order valence-electron chi connectivity index (χ0n) is 28.8. The molecule has 0 saturated heterocycles. The van der Waals surface area contributed by atoms with Crippen LogP contribution in [0.5, 0.6) is 0 Å². The summed E-state index contributed by atoms with van der Waals surface area (Å²) in [6.07, 6.45) is 9.41. The molecular weight excluding hydrogens is 672 g/mol. The fourth-order valence-electron chi connectivity index (χ4n) is 5.30. The zero-order chi connectivity index (χ0) is 38.0. The second-order valence-electron chi connectivity index (χ2n) is 11.3. The molecule has 0 spiro atoms. The summed E-state index contributed by atoms with van der Waals surface area (Å²) >= 11 is 0. The van der Waals surface area contributed by atoms with Crippen LogP contribution < -0.4 is 0 Å². The third-order valence-corrected chi connectivity index (χ3v) is 7.59. The summed E-state index contributed by atoms with van der Waals surface area (Å²) in [7, 11) is 0. The van der Waals surface area contributed by atoms with Crippen molar-refractivity contribution in [2.45, 2.75) is 96.3 Å². The molecule has 1 aromatic rings. The first-order valence-corrected chi connectivity index (χ1v) is 16.8. The Labute approximate surface area is 296 Å².